The fourth-order valence-corrected chi connectivity index (χ4v) is 1.49. The van der Waals surface area contributed by atoms with Crippen LogP contribution in [-0.4, -0.2) is 28.5 Å². The van der Waals surface area contributed by atoms with Gasteiger partial charge in [-0.3, -0.25) is 14.9 Å². The van der Waals surface area contributed by atoms with Crippen LogP contribution in [0.25, 0.3) is 0 Å². The summed E-state index contributed by atoms with van der Waals surface area (Å²) in [4.78, 5) is 21.9. The van der Waals surface area contributed by atoms with E-state index in [1.807, 2.05) is 6.92 Å². The van der Waals surface area contributed by atoms with Gasteiger partial charge in [-0.05, 0) is 6.42 Å². The van der Waals surface area contributed by atoms with Crippen molar-refractivity contribution in [1.82, 2.24) is 9.88 Å². The lowest BCUT2D eigenvalue weighted by Crippen LogP contribution is -2.30. The smallest absolute Gasteiger partial charge is 0.287 e. The molecule has 7 nitrogen and oxygen atoms in total. The Bertz CT molecular complexity index is 414. The van der Waals surface area contributed by atoms with Crippen LogP contribution in [0.4, 0.5) is 5.69 Å². The highest BCUT2D eigenvalue weighted by Crippen LogP contribution is 2.16. The molecule has 0 aliphatic rings. The van der Waals surface area contributed by atoms with Crippen LogP contribution in [0.3, 0.4) is 0 Å². The number of nitrogens with one attached hydrogen (secondary N) is 1. The summed E-state index contributed by atoms with van der Waals surface area (Å²) in [5.41, 5.74) is 5.50. The summed E-state index contributed by atoms with van der Waals surface area (Å²) in [7, 11) is 0. The van der Waals surface area contributed by atoms with E-state index in [4.69, 9.17) is 5.73 Å². The van der Waals surface area contributed by atoms with Crippen LogP contribution in [0.15, 0.2) is 12.3 Å². The molecule has 0 atom stereocenters. The lowest BCUT2D eigenvalue weighted by atomic mass is 10.3. The Hall–Kier alpha value is -1.89. The van der Waals surface area contributed by atoms with Gasteiger partial charge < -0.3 is 15.6 Å². The van der Waals surface area contributed by atoms with Crippen molar-refractivity contribution >= 4 is 11.6 Å². The first-order valence-electron chi connectivity index (χ1n) is 5.43. The van der Waals surface area contributed by atoms with E-state index in [1.165, 1.54) is 12.3 Å². The minimum absolute atomic E-state index is 0.0728. The molecule has 1 heterocycles. The second kappa shape index (κ2) is 6.00. The zero-order chi connectivity index (χ0) is 12.8. The van der Waals surface area contributed by atoms with Crippen LogP contribution >= 0.6 is 0 Å². The number of nitro groups is 1. The summed E-state index contributed by atoms with van der Waals surface area (Å²) in [5, 5.41) is 13.2. The maximum Gasteiger partial charge on any atom is 0.287 e. The normalized spacial score (nSPS) is 10.2. The molecule has 17 heavy (non-hydrogen) atoms. The van der Waals surface area contributed by atoms with E-state index in [0.717, 1.165) is 6.42 Å². The molecule has 0 radical (unpaired) electrons. The predicted octanol–water partition coefficient (Wildman–Crippen LogP) is 0.495. The molecule has 1 amide bonds. The third-order valence-corrected chi connectivity index (χ3v) is 2.22. The summed E-state index contributed by atoms with van der Waals surface area (Å²) in [6, 6.07) is 1.28. The highest BCUT2D eigenvalue weighted by Gasteiger charge is 2.18. The van der Waals surface area contributed by atoms with Crippen molar-refractivity contribution in [2.45, 2.75) is 19.9 Å². The molecule has 0 saturated heterocycles. The number of carbonyl (C=O) groups excluding carboxylic acids is 1. The highest BCUT2D eigenvalue weighted by atomic mass is 16.6. The SMILES string of the molecule is CCCn1cc([N+](=O)[O-])cc1C(=O)NCCN. The van der Waals surface area contributed by atoms with Gasteiger partial charge in [0.1, 0.15) is 5.69 Å². The van der Waals surface area contributed by atoms with Gasteiger partial charge >= 0.3 is 0 Å². The molecule has 0 fully saturated rings. The van der Waals surface area contributed by atoms with Gasteiger partial charge in [0, 0.05) is 25.7 Å². The van der Waals surface area contributed by atoms with Gasteiger partial charge in [0.25, 0.3) is 11.6 Å². The molecule has 0 aliphatic heterocycles. The Morgan fingerprint density at radius 2 is 2.35 bits per heavy atom. The molecule has 1 rings (SSSR count). The van der Waals surface area contributed by atoms with Crippen molar-refractivity contribution in [3.8, 4) is 0 Å². The quantitative estimate of drug-likeness (QED) is 0.558. The van der Waals surface area contributed by atoms with Crippen molar-refractivity contribution in [2.75, 3.05) is 13.1 Å². The first-order chi connectivity index (χ1) is 8.10. The zero-order valence-corrected chi connectivity index (χ0v) is 9.68. The van der Waals surface area contributed by atoms with Gasteiger partial charge in [0.05, 0.1) is 11.1 Å². The number of nitrogens with two attached hydrogens (primary N) is 1. The Morgan fingerprint density at radius 1 is 1.65 bits per heavy atom. The maximum absolute atomic E-state index is 11.7. The zero-order valence-electron chi connectivity index (χ0n) is 9.68. The second-order valence-corrected chi connectivity index (χ2v) is 3.58. The number of nitrogens with zero attached hydrogens (tertiary/aromatic N) is 2. The molecule has 0 unspecified atom stereocenters. The number of hydrogen-bond acceptors (Lipinski definition) is 4. The molecular weight excluding hydrogens is 224 g/mol. The molecule has 0 saturated carbocycles. The third kappa shape index (κ3) is 3.28. The summed E-state index contributed by atoms with van der Waals surface area (Å²) in [6.45, 7) is 3.19. The van der Waals surface area contributed by atoms with E-state index in [2.05, 4.69) is 5.32 Å². The summed E-state index contributed by atoms with van der Waals surface area (Å²) >= 11 is 0. The van der Waals surface area contributed by atoms with Crippen molar-refractivity contribution in [1.29, 1.82) is 0 Å². The maximum atomic E-state index is 11.7. The van der Waals surface area contributed by atoms with Gasteiger partial charge in [0.2, 0.25) is 0 Å². The van der Waals surface area contributed by atoms with Gasteiger partial charge in [-0.1, -0.05) is 6.92 Å². The third-order valence-electron chi connectivity index (χ3n) is 2.22. The lowest BCUT2D eigenvalue weighted by Gasteiger charge is -2.06. The molecule has 1 aromatic heterocycles. The van der Waals surface area contributed by atoms with E-state index in [9.17, 15) is 14.9 Å². The molecule has 94 valence electrons. The monoisotopic (exact) mass is 240 g/mol. The Balaban J connectivity index is 2.94. The molecule has 0 bridgehead atoms. The van der Waals surface area contributed by atoms with Gasteiger partial charge in [-0.15, -0.1) is 0 Å². The summed E-state index contributed by atoms with van der Waals surface area (Å²) in [6.07, 6.45) is 2.17. The number of aromatic nitrogens is 1. The molecular formula is C10H16N4O3. The molecule has 0 spiro atoms. The molecule has 7 heteroatoms. The standard InChI is InChI=1S/C10H16N4O3/c1-2-5-13-7-8(14(16)17)6-9(13)10(15)12-4-3-11/h6-7H,2-5,11H2,1H3,(H,12,15). The largest absolute Gasteiger partial charge is 0.349 e. The molecule has 0 aromatic carbocycles. The van der Waals surface area contributed by atoms with Gasteiger partial charge in [0.15, 0.2) is 0 Å². The average molecular weight is 240 g/mol. The minimum atomic E-state index is -0.508. The van der Waals surface area contributed by atoms with E-state index in [-0.39, 0.29) is 11.6 Å². The van der Waals surface area contributed by atoms with Gasteiger partial charge in [-0.2, -0.15) is 0 Å². The Labute approximate surface area is 98.7 Å². The number of aryl methyl sites for hydroxylation is 1. The lowest BCUT2D eigenvalue weighted by molar-refractivity contribution is -0.384. The highest BCUT2D eigenvalue weighted by molar-refractivity contribution is 5.93. The first-order valence-corrected chi connectivity index (χ1v) is 5.43. The molecule has 3 N–H and O–H groups in total. The van der Waals surface area contributed by atoms with Crippen LogP contribution in [0, 0.1) is 10.1 Å². The van der Waals surface area contributed by atoms with Crippen LogP contribution in [0.1, 0.15) is 23.8 Å². The number of hydrogen-bond donors (Lipinski definition) is 2. The van der Waals surface area contributed by atoms with E-state index >= 15 is 0 Å². The van der Waals surface area contributed by atoms with E-state index in [1.54, 1.807) is 4.57 Å². The van der Waals surface area contributed by atoms with Crippen molar-refractivity contribution in [3.05, 3.63) is 28.1 Å². The summed E-state index contributed by atoms with van der Waals surface area (Å²) < 4.78 is 1.59. The molecule has 1 aromatic rings. The van der Waals surface area contributed by atoms with Crippen LogP contribution in [-0.2, 0) is 6.54 Å². The predicted molar refractivity (Wildman–Crippen MR) is 62.8 cm³/mol. The van der Waals surface area contributed by atoms with Crippen LogP contribution < -0.4 is 11.1 Å². The fourth-order valence-electron chi connectivity index (χ4n) is 1.49. The second-order valence-electron chi connectivity index (χ2n) is 3.58. The Morgan fingerprint density at radius 3 is 2.88 bits per heavy atom. The average Bonchev–Trinajstić information content (AvgIpc) is 2.70. The Kier molecular flexibility index (Phi) is 4.65. The van der Waals surface area contributed by atoms with E-state index < -0.39 is 4.92 Å². The molecule has 0 aliphatic carbocycles. The number of amides is 1. The number of rotatable bonds is 6. The van der Waals surface area contributed by atoms with Crippen molar-refractivity contribution in [2.24, 2.45) is 5.73 Å². The summed E-state index contributed by atoms with van der Waals surface area (Å²) in [5.74, 6) is -0.336. The first kappa shape index (κ1) is 13.2. The van der Waals surface area contributed by atoms with Crippen molar-refractivity contribution < 1.29 is 9.72 Å². The topological polar surface area (TPSA) is 103 Å². The fraction of sp³-hybridized carbons (Fsp3) is 0.500. The minimum Gasteiger partial charge on any atom is -0.349 e. The van der Waals surface area contributed by atoms with Crippen LogP contribution in [0.2, 0.25) is 0 Å². The van der Waals surface area contributed by atoms with Crippen molar-refractivity contribution in [3.63, 3.8) is 0 Å². The van der Waals surface area contributed by atoms with E-state index in [0.29, 0.717) is 25.3 Å². The number of carbonyl (C=O) groups is 1. The van der Waals surface area contributed by atoms with Gasteiger partial charge in [-0.25, -0.2) is 0 Å². The van der Waals surface area contributed by atoms with Crippen LogP contribution in [0.5, 0.6) is 0 Å².